The van der Waals surface area contributed by atoms with Gasteiger partial charge in [0.1, 0.15) is 5.58 Å². The molecular formula is C16H14BrNO5S2. The first kappa shape index (κ1) is 18.1. The number of aromatic carboxylic acids is 1. The summed E-state index contributed by atoms with van der Waals surface area (Å²) in [7, 11) is -3.69. The number of rotatable bonds is 6. The summed E-state index contributed by atoms with van der Waals surface area (Å²) < 4.78 is 33.7. The van der Waals surface area contributed by atoms with Gasteiger partial charge in [0.05, 0.1) is 8.68 Å². The minimum atomic E-state index is -3.69. The van der Waals surface area contributed by atoms with E-state index in [0.717, 1.165) is 8.66 Å². The Morgan fingerprint density at radius 1 is 1.32 bits per heavy atom. The predicted molar refractivity (Wildman–Crippen MR) is 98.8 cm³/mol. The average molecular weight is 444 g/mol. The molecule has 0 amide bonds. The van der Waals surface area contributed by atoms with Crippen molar-refractivity contribution in [3.8, 4) is 0 Å². The summed E-state index contributed by atoms with van der Waals surface area (Å²) in [6.45, 7) is 1.87. The molecule has 0 aliphatic rings. The molecule has 2 heterocycles. The molecule has 9 heteroatoms. The molecule has 0 aliphatic carbocycles. The van der Waals surface area contributed by atoms with Crippen molar-refractivity contribution in [1.82, 2.24) is 4.72 Å². The van der Waals surface area contributed by atoms with E-state index in [-0.39, 0.29) is 17.2 Å². The Kier molecular flexibility index (Phi) is 5.01. The average Bonchev–Trinajstić information content (AvgIpc) is 3.11. The van der Waals surface area contributed by atoms with Crippen LogP contribution in [0.3, 0.4) is 0 Å². The maximum Gasteiger partial charge on any atom is 0.372 e. The third kappa shape index (κ3) is 3.79. The van der Waals surface area contributed by atoms with Crippen LogP contribution in [0.4, 0.5) is 0 Å². The lowest BCUT2D eigenvalue weighted by atomic mass is 10.1. The second-order valence-electron chi connectivity index (χ2n) is 5.37. The number of fused-ring (bicyclic) bond motifs is 1. The molecule has 0 unspecified atom stereocenters. The Balaban J connectivity index is 1.81. The fourth-order valence-electron chi connectivity index (χ4n) is 2.45. The summed E-state index contributed by atoms with van der Waals surface area (Å²) in [5.41, 5.74) is 0.750. The van der Waals surface area contributed by atoms with Crippen LogP contribution in [0.15, 0.2) is 43.4 Å². The first-order valence-electron chi connectivity index (χ1n) is 7.28. The van der Waals surface area contributed by atoms with Gasteiger partial charge in [-0.05, 0) is 59.6 Å². The van der Waals surface area contributed by atoms with Crippen molar-refractivity contribution in [3.05, 3.63) is 50.3 Å². The number of aryl methyl sites for hydroxylation is 1. The Hall–Kier alpha value is -1.68. The highest BCUT2D eigenvalue weighted by Crippen LogP contribution is 2.28. The molecule has 25 heavy (non-hydrogen) atoms. The molecular weight excluding hydrogens is 430 g/mol. The van der Waals surface area contributed by atoms with Gasteiger partial charge in [-0.2, -0.15) is 0 Å². The van der Waals surface area contributed by atoms with Crippen molar-refractivity contribution in [2.24, 2.45) is 0 Å². The molecule has 0 aliphatic heterocycles. The second kappa shape index (κ2) is 6.91. The van der Waals surface area contributed by atoms with Crippen molar-refractivity contribution in [2.45, 2.75) is 18.2 Å². The van der Waals surface area contributed by atoms with Crippen molar-refractivity contribution >= 4 is 54.2 Å². The van der Waals surface area contributed by atoms with E-state index < -0.39 is 16.0 Å². The number of carboxylic acid groups (broad SMARTS) is 1. The Bertz CT molecular complexity index is 1050. The highest BCUT2D eigenvalue weighted by atomic mass is 79.9. The third-order valence-corrected chi connectivity index (χ3v) is 6.85. The van der Waals surface area contributed by atoms with Crippen LogP contribution in [0.5, 0.6) is 0 Å². The number of carbonyl (C=O) groups is 1. The van der Waals surface area contributed by atoms with Crippen molar-refractivity contribution in [1.29, 1.82) is 0 Å². The van der Waals surface area contributed by atoms with Crippen LogP contribution >= 0.6 is 27.3 Å². The van der Waals surface area contributed by atoms with Crippen LogP contribution in [0, 0.1) is 6.92 Å². The second-order valence-corrected chi connectivity index (χ2v) is 9.69. The lowest BCUT2D eigenvalue weighted by molar-refractivity contribution is 0.0664. The van der Waals surface area contributed by atoms with Crippen molar-refractivity contribution in [2.75, 3.05) is 6.54 Å². The van der Waals surface area contributed by atoms with E-state index in [2.05, 4.69) is 20.7 Å². The quantitative estimate of drug-likeness (QED) is 0.603. The number of hydrogen-bond acceptors (Lipinski definition) is 5. The number of nitrogens with one attached hydrogen (secondary N) is 1. The normalized spacial score (nSPS) is 11.9. The van der Waals surface area contributed by atoms with E-state index in [9.17, 15) is 13.2 Å². The summed E-state index contributed by atoms with van der Waals surface area (Å²) >= 11 is 4.93. The van der Waals surface area contributed by atoms with Crippen molar-refractivity contribution in [3.63, 3.8) is 0 Å². The van der Waals surface area contributed by atoms with Crippen LogP contribution in [-0.4, -0.2) is 26.0 Å². The van der Waals surface area contributed by atoms with Crippen molar-refractivity contribution < 1.29 is 22.7 Å². The molecule has 0 atom stereocenters. The van der Waals surface area contributed by atoms with E-state index in [0.29, 0.717) is 23.0 Å². The molecule has 1 aromatic carbocycles. The van der Waals surface area contributed by atoms with Gasteiger partial charge in [0, 0.05) is 22.4 Å². The molecule has 2 N–H and O–H groups in total. The summed E-state index contributed by atoms with van der Waals surface area (Å²) in [6.07, 6.45) is 0.589. The Morgan fingerprint density at radius 3 is 2.72 bits per heavy atom. The standard InChI is InChI=1S/C16H14BrNO5S2/c1-9-12-8-11(3-4-13(12)23-15(9)16(19)20)25(21,22)18-7-6-10-2-5-14(17)24-10/h2-5,8,18H,6-7H2,1H3,(H,19,20). The number of halogens is 1. The lowest BCUT2D eigenvalue weighted by Crippen LogP contribution is -2.25. The van der Waals surface area contributed by atoms with E-state index in [1.54, 1.807) is 18.3 Å². The minimum Gasteiger partial charge on any atom is -0.475 e. The van der Waals surface area contributed by atoms with Gasteiger partial charge in [-0.3, -0.25) is 0 Å². The fraction of sp³-hybridized carbons (Fsp3) is 0.188. The Morgan fingerprint density at radius 2 is 2.08 bits per heavy atom. The SMILES string of the molecule is Cc1c(C(=O)O)oc2ccc(S(=O)(=O)NCCc3ccc(Br)s3)cc12. The van der Waals surface area contributed by atoms with Gasteiger partial charge in [-0.25, -0.2) is 17.9 Å². The minimum absolute atomic E-state index is 0.0770. The van der Waals surface area contributed by atoms with Crippen LogP contribution in [-0.2, 0) is 16.4 Å². The van der Waals surface area contributed by atoms with Gasteiger partial charge in [0.2, 0.25) is 15.8 Å². The molecule has 0 fully saturated rings. The lowest BCUT2D eigenvalue weighted by Gasteiger charge is -2.06. The molecule has 0 spiro atoms. The highest BCUT2D eigenvalue weighted by molar-refractivity contribution is 9.11. The topological polar surface area (TPSA) is 96.6 Å². The molecule has 2 aromatic heterocycles. The van der Waals surface area contributed by atoms with Crippen LogP contribution in [0.1, 0.15) is 21.0 Å². The Labute approximate surface area is 156 Å². The number of hydrogen-bond donors (Lipinski definition) is 2. The maximum atomic E-state index is 12.5. The van der Waals surface area contributed by atoms with Gasteiger partial charge < -0.3 is 9.52 Å². The smallest absolute Gasteiger partial charge is 0.372 e. The molecule has 3 aromatic rings. The molecule has 3 rings (SSSR count). The zero-order valence-electron chi connectivity index (χ0n) is 13.1. The molecule has 0 saturated carbocycles. The van der Waals surface area contributed by atoms with E-state index in [4.69, 9.17) is 9.52 Å². The maximum absolute atomic E-state index is 12.5. The van der Waals surface area contributed by atoms with Crippen LogP contribution in [0.2, 0.25) is 0 Å². The monoisotopic (exact) mass is 443 g/mol. The fourth-order valence-corrected chi connectivity index (χ4v) is 4.99. The van der Waals surface area contributed by atoms with E-state index in [1.807, 2.05) is 12.1 Å². The van der Waals surface area contributed by atoms with Gasteiger partial charge in [-0.15, -0.1) is 11.3 Å². The molecule has 6 nitrogen and oxygen atoms in total. The third-order valence-electron chi connectivity index (χ3n) is 3.70. The number of carboxylic acids is 1. The van der Waals surface area contributed by atoms with Gasteiger partial charge in [0.15, 0.2) is 0 Å². The van der Waals surface area contributed by atoms with Gasteiger partial charge in [0.25, 0.3) is 0 Å². The van der Waals surface area contributed by atoms with Gasteiger partial charge in [-0.1, -0.05) is 0 Å². The zero-order chi connectivity index (χ0) is 18.2. The zero-order valence-corrected chi connectivity index (χ0v) is 16.3. The van der Waals surface area contributed by atoms with Crippen LogP contribution < -0.4 is 4.72 Å². The van der Waals surface area contributed by atoms with E-state index >= 15 is 0 Å². The number of benzene rings is 1. The van der Waals surface area contributed by atoms with Gasteiger partial charge >= 0.3 is 5.97 Å². The summed E-state index contributed by atoms with van der Waals surface area (Å²) in [5, 5.41) is 9.57. The summed E-state index contributed by atoms with van der Waals surface area (Å²) in [6, 6.07) is 8.17. The highest BCUT2D eigenvalue weighted by Gasteiger charge is 2.20. The number of thiophene rings is 1. The molecule has 0 saturated heterocycles. The first-order chi connectivity index (χ1) is 11.8. The molecule has 0 bridgehead atoms. The molecule has 0 radical (unpaired) electrons. The van der Waals surface area contributed by atoms with E-state index in [1.165, 1.54) is 18.2 Å². The summed E-state index contributed by atoms with van der Waals surface area (Å²) in [5.74, 6) is -1.36. The van der Waals surface area contributed by atoms with Crippen LogP contribution in [0.25, 0.3) is 11.0 Å². The molecule has 132 valence electrons. The first-order valence-corrected chi connectivity index (χ1v) is 10.4. The predicted octanol–water partition coefficient (Wildman–Crippen LogP) is 3.78. The largest absolute Gasteiger partial charge is 0.475 e. The number of furan rings is 1. The summed E-state index contributed by atoms with van der Waals surface area (Å²) in [4.78, 5) is 12.3. The number of sulfonamides is 1.